The van der Waals surface area contributed by atoms with E-state index in [4.69, 9.17) is 0 Å². The van der Waals surface area contributed by atoms with Gasteiger partial charge in [-0.3, -0.25) is 0 Å². The summed E-state index contributed by atoms with van der Waals surface area (Å²) in [5.74, 6) is 0. The number of nitrogens with one attached hydrogen (secondary N) is 1. The third-order valence-electron chi connectivity index (χ3n) is 2.54. The van der Waals surface area contributed by atoms with Gasteiger partial charge in [0.1, 0.15) is 0 Å². The minimum Gasteiger partial charge on any atom is -0.355 e. The van der Waals surface area contributed by atoms with Crippen molar-refractivity contribution in [3.8, 4) is 0 Å². The van der Waals surface area contributed by atoms with Crippen LogP contribution in [0.3, 0.4) is 0 Å². The van der Waals surface area contributed by atoms with E-state index in [1.165, 1.54) is 0 Å². The van der Waals surface area contributed by atoms with Crippen LogP contribution >= 0.6 is 22.6 Å². The van der Waals surface area contributed by atoms with Crippen molar-refractivity contribution >= 4 is 28.3 Å². The summed E-state index contributed by atoms with van der Waals surface area (Å²) >= 11 is 2.23. The summed E-state index contributed by atoms with van der Waals surface area (Å²) in [6, 6.07) is 10.1. The lowest BCUT2D eigenvalue weighted by atomic mass is 10.1. The van der Waals surface area contributed by atoms with Gasteiger partial charge in [0.2, 0.25) is 0 Å². The number of hydrogen-bond donors (Lipinski definition) is 1. The number of benzene rings is 1. The third kappa shape index (κ3) is 5.30. The molecule has 1 rings (SSSR count). The van der Waals surface area contributed by atoms with Gasteiger partial charge in [0.25, 0.3) is 0 Å². The molecule has 0 aliphatic carbocycles. The molecule has 0 spiro atoms. The van der Waals surface area contributed by atoms with E-state index < -0.39 is 0 Å². The van der Waals surface area contributed by atoms with E-state index in [1.807, 2.05) is 52.6 Å². The lowest BCUT2D eigenvalue weighted by molar-refractivity contribution is 1.10. The van der Waals surface area contributed by atoms with E-state index in [-0.39, 0.29) is 0 Å². The van der Waals surface area contributed by atoms with Crippen LogP contribution in [-0.4, -0.2) is 0 Å². The molecule has 0 saturated carbocycles. The molecule has 1 N–H and O–H groups in total. The predicted molar refractivity (Wildman–Crippen MR) is 93.8 cm³/mol. The molecule has 0 radical (unpaired) electrons. The highest BCUT2D eigenvalue weighted by Crippen LogP contribution is 2.15. The summed E-state index contributed by atoms with van der Waals surface area (Å²) in [6.45, 7) is 9.78. The number of allylic oxidation sites excluding steroid dienone is 5. The molecule has 0 amide bonds. The minimum absolute atomic E-state index is 0.893. The van der Waals surface area contributed by atoms with Crippen molar-refractivity contribution in [3.63, 3.8) is 0 Å². The molecule has 0 bridgehead atoms. The molecule has 0 unspecified atom stereocenters. The minimum atomic E-state index is 0.893. The van der Waals surface area contributed by atoms with Crippen LogP contribution in [0.5, 0.6) is 0 Å². The Balaban J connectivity index is 2.78. The van der Waals surface area contributed by atoms with E-state index in [0.717, 1.165) is 22.5 Å². The van der Waals surface area contributed by atoms with Crippen molar-refractivity contribution in [2.24, 2.45) is 0 Å². The zero-order valence-corrected chi connectivity index (χ0v) is 13.2. The Morgan fingerprint density at radius 2 is 1.89 bits per heavy atom. The lowest BCUT2D eigenvalue weighted by Gasteiger charge is -2.13. The molecule has 1 nitrogen and oxygen atoms in total. The van der Waals surface area contributed by atoms with Crippen molar-refractivity contribution in [1.29, 1.82) is 0 Å². The molecule has 0 saturated heterocycles. The summed E-state index contributed by atoms with van der Waals surface area (Å²) in [7, 11) is 0. The third-order valence-corrected chi connectivity index (χ3v) is 3.16. The first-order chi connectivity index (χ1) is 9.19. The second kappa shape index (κ2) is 8.53. The molecular formula is C17H18IN. The quantitative estimate of drug-likeness (QED) is 0.540. The van der Waals surface area contributed by atoms with Crippen LogP contribution in [0.4, 0.5) is 0 Å². The van der Waals surface area contributed by atoms with Crippen LogP contribution in [0.15, 0.2) is 83.1 Å². The molecule has 0 fully saturated rings. The lowest BCUT2D eigenvalue weighted by Crippen LogP contribution is -2.11. The first-order valence-corrected chi connectivity index (χ1v) is 7.21. The smallest absolute Gasteiger partial charge is 0.0475 e. The Kier molecular flexibility index (Phi) is 6.97. The van der Waals surface area contributed by atoms with E-state index in [0.29, 0.717) is 0 Å². The average molecular weight is 363 g/mol. The Hall–Kier alpha value is -1.55. The SMILES string of the molecule is C=C/C=C/C=C(C)\C(=C/I)NC(=C)c1ccccc1. The van der Waals surface area contributed by atoms with Crippen molar-refractivity contribution < 1.29 is 0 Å². The molecule has 1 aromatic rings. The zero-order chi connectivity index (χ0) is 14.1. The molecule has 0 aliphatic heterocycles. The highest BCUT2D eigenvalue weighted by Gasteiger charge is 2.02. The molecule has 0 atom stereocenters. The van der Waals surface area contributed by atoms with Crippen LogP contribution in [-0.2, 0) is 0 Å². The standard InChI is InChI=1S/C17H18IN/c1-4-5-7-10-14(2)17(13-18)19-15(3)16-11-8-6-9-12-16/h4-13,19H,1,3H2,2H3/b7-5+,14-10-,17-13+. The van der Waals surface area contributed by atoms with Crippen LogP contribution in [0.2, 0.25) is 0 Å². The molecule has 0 aromatic heterocycles. The summed E-state index contributed by atoms with van der Waals surface area (Å²) < 4.78 is 2.01. The Morgan fingerprint density at radius 3 is 2.47 bits per heavy atom. The zero-order valence-electron chi connectivity index (χ0n) is 11.1. The van der Waals surface area contributed by atoms with Crippen molar-refractivity contribution in [2.45, 2.75) is 6.92 Å². The Bertz CT molecular complexity index is 521. The number of hydrogen-bond acceptors (Lipinski definition) is 1. The van der Waals surface area contributed by atoms with Gasteiger partial charge in [0.15, 0.2) is 0 Å². The van der Waals surface area contributed by atoms with Gasteiger partial charge in [-0.1, -0.05) is 90.4 Å². The van der Waals surface area contributed by atoms with E-state index in [1.54, 1.807) is 6.08 Å². The van der Waals surface area contributed by atoms with Crippen molar-refractivity contribution in [2.75, 3.05) is 0 Å². The van der Waals surface area contributed by atoms with Crippen molar-refractivity contribution in [1.82, 2.24) is 5.32 Å². The maximum absolute atomic E-state index is 4.07. The van der Waals surface area contributed by atoms with Crippen LogP contribution < -0.4 is 5.32 Å². The Morgan fingerprint density at radius 1 is 1.21 bits per heavy atom. The van der Waals surface area contributed by atoms with Gasteiger partial charge in [-0.25, -0.2) is 0 Å². The highest BCUT2D eigenvalue weighted by atomic mass is 127. The molecular weight excluding hydrogens is 345 g/mol. The number of rotatable bonds is 6. The first kappa shape index (κ1) is 15.5. The van der Waals surface area contributed by atoms with Crippen LogP contribution in [0.25, 0.3) is 5.70 Å². The van der Waals surface area contributed by atoms with E-state index in [2.05, 4.69) is 48.0 Å². The second-order valence-electron chi connectivity index (χ2n) is 3.96. The largest absolute Gasteiger partial charge is 0.355 e. The predicted octanol–water partition coefficient (Wildman–Crippen LogP) is 5.21. The molecule has 98 valence electrons. The Labute approximate surface area is 129 Å². The number of halogens is 1. The van der Waals surface area contributed by atoms with Gasteiger partial charge in [0, 0.05) is 15.5 Å². The summed E-state index contributed by atoms with van der Waals surface area (Å²) in [5.41, 5.74) is 4.17. The van der Waals surface area contributed by atoms with Gasteiger partial charge in [-0.2, -0.15) is 0 Å². The average Bonchev–Trinajstić information content (AvgIpc) is 2.45. The summed E-state index contributed by atoms with van der Waals surface area (Å²) in [4.78, 5) is 0. The van der Waals surface area contributed by atoms with E-state index in [9.17, 15) is 0 Å². The normalized spacial score (nSPS) is 12.5. The van der Waals surface area contributed by atoms with Gasteiger partial charge >= 0.3 is 0 Å². The molecule has 0 aliphatic rings. The fourth-order valence-electron chi connectivity index (χ4n) is 1.45. The van der Waals surface area contributed by atoms with Gasteiger partial charge in [-0.05, 0) is 18.1 Å². The van der Waals surface area contributed by atoms with Crippen molar-refractivity contribution in [3.05, 3.63) is 88.7 Å². The fourth-order valence-corrected chi connectivity index (χ4v) is 2.10. The summed E-state index contributed by atoms with van der Waals surface area (Å²) in [6.07, 6.45) is 7.67. The van der Waals surface area contributed by atoms with Crippen LogP contribution in [0.1, 0.15) is 12.5 Å². The second-order valence-corrected chi connectivity index (χ2v) is 4.59. The fraction of sp³-hybridized carbons (Fsp3) is 0.0588. The van der Waals surface area contributed by atoms with Crippen LogP contribution in [0, 0.1) is 0 Å². The molecule has 19 heavy (non-hydrogen) atoms. The maximum atomic E-state index is 4.07. The maximum Gasteiger partial charge on any atom is 0.0475 e. The highest BCUT2D eigenvalue weighted by molar-refractivity contribution is 14.1. The molecule has 0 heterocycles. The van der Waals surface area contributed by atoms with Gasteiger partial charge in [0.05, 0.1) is 0 Å². The van der Waals surface area contributed by atoms with Gasteiger partial charge < -0.3 is 5.32 Å². The van der Waals surface area contributed by atoms with Gasteiger partial charge in [-0.15, -0.1) is 0 Å². The van der Waals surface area contributed by atoms with E-state index >= 15 is 0 Å². The molecule has 1 aromatic carbocycles. The topological polar surface area (TPSA) is 12.0 Å². The monoisotopic (exact) mass is 363 g/mol. The summed E-state index contributed by atoms with van der Waals surface area (Å²) in [5, 5.41) is 3.34. The first-order valence-electron chi connectivity index (χ1n) is 5.97. The molecule has 2 heteroatoms.